The van der Waals surface area contributed by atoms with E-state index in [1.54, 1.807) is 0 Å². The molecule has 0 aromatic rings. The quantitative estimate of drug-likeness (QED) is 0.375. The van der Waals surface area contributed by atoms with Crippen LogP contribution in [0.4, 0.5) is 0 Å². The Kier molecular flexibility index (Phi) is 7.03. The molecule has 0 aromatic carbocycles. The summed E-state index contributed by atoms with van der Waals surface area (Å²) in [6.45, 7) is 11.8. The lowest BCUT2D eigenvalue weighted by atomic mass is 10.5. The summed E-state index contributed by atoms with van der Waals surface area (Å²) in [5.74, 6) is 5.91. The molecule has 1 nitrogen and oxygen atoms in total. The highest BCUT2D eigenvalue weighted by molar-refractivity contribution is 6.54. The van der Waals surface area contributed by atoms with E-state index in [0.29, 0.717) is 0 Å². The van der Waals surface area contributed by atoms with Gasteiger partial charge in [-0.05, 0) is 18.0 Å². The summed E-state index contributed by atoms with van der Waals surface area (Å²) in [7, 11) is -0.991. The van der Waals surface area contributed by atoms with E-state index in [2.05, 4.69) is 39.5 Å². The van der Waals surface area contributed by atoms with Gasteiger partial charge in [-0.25, -0.2) is 0 Å². The lowest BCUT2D eigenvalue weighted by Crippen LogP contribution is -2.25. The minimum Gasteiger partial charge on any atom is -0.419 e. The van der Waals surface area contributed by atoms with Crippen LogP contribution in [0, 0.1) is 11.8 Å². The Morgan fingerprint density at radius 3 is 2.08 bits per heavy atom. The van der Waals surface area contributed by atoms with Crippen molar-refractivity contribution < 1.29 is 4.43 Å². The summed E-state index contributed by atoms with van der Waals surface area (Å²) in [6, 6.07) is 0. The normalized spacial score (nSPS) is 10.8. The Balaban J connectivity index is 3.74. The van der Waals surface area contributed by atoms with Crippen molar-refractivity contribution in [3.05, 3.63) is 0 Å². The van der Waals surface area contributed by atoms with Crippen molar-refractivity contribution in [3.8, 4) is 11.8 Å². The van der Waals surface area contributed by atoms with Gasteiger partial charge in [0, 0.05) is 13.0 Å². The van der Waals surface area contributed by atoms with Gasteiger partial charge in [0.25, 0.3) is 0 Å². The van der Waals surface area contributed by atoms with Gasteiger partial charge in [0.2, 0.25) is 0 Å². The Labute approximate surface area is 84.6 Å². The van der Waals surface area contributed by atoms with Crippen molar-refractivity contribution in [2.75, 3.05) is 6.61 Å². The summed E-state index contributed by atoms with van der Waals surface area (Å²) in [6.07, 6.45) is 0.888. The first-order chi connectivity index (χ1) is 6.09. The van der Waals surface area contributed by atoms with Crippen LogP contribution in [0.25, 0.3) is 0 Å². The SMILES string of the molecule is CC#CCCO[SiH](C(C)C)C(C)C. The summed E-state index contributed by atoms with van der Waals surface area (Å²) in [5.41, 5.74) is 1.46. The molecule has 0 aliphatic rings. The van der Waals surface area contributed by atoms with Gasteiger partial charge in [-0.2, -0.15) is 0 Å². The number of hydrogen-bond donors (Lipinski definition) is 0. The summed E-state index contributed by atoms with van der Waals surface area (Å²) >= 11 is 0. The molecule has 0 rings (SSSR count). The van der Waals surface area contributed by atoms with Crippen LogP contribution in [0.1, 0.15) is 41.0 Å². The first-order valence-electron chi connectivity index (χ1n) is 5.10. The monoisotopic (exact) mass is 198 g/mol. The van der Waals surface area contributed by atoms with Crippen LogP contribution in [0.15, 0.2) is 0 Å². The van der Waals surface area contributed by atoms with Crippen molar-refractivity contribution in [1.29, 1.82) is 0 Å². The molecule has 0 saturated carbocycles. The number of hydrogen-bond acceptors (Lipinski definition) is 1. The van der Waals surface area contributed by atoms with E-state index >= 15 is 0 Å². The van der Waals surface area contributed by atoms with Gasteiger partial charge in [0.05, 0.1) is 0 Å². The summed E-state index contributed by atoms with van der Waals surface area (Å²) < 4.78 is 5.90. The Hall–Kier alpha value is -0.263. The predicted octanol–water partition coefficient (Wildman–Crippen LogP) is 2.96. The molecule has 0 aliphatic heterocycles. The molecular formula is C11H22OSi. The maximum Gasteiger partial charge on any atom is 0.182 e. The summed E-state index contributed by atoms with van der Waals surface area (Å²) in [4.78, 5) is 0. The largest absolute Gasteiger partial charge is 0.419 e. The first kappa shape index (κ1) is 12.7. The molecule has 0 N–H and O–H groups in total. The number of rotatable bonds is 5. The molecule has 0 saturated heterocycles. The molecular weight excluding hydrogens is 176 g/mol. The second-order valence-corrected chi connectivity index (χ2v) is 7.93. The molecule has 0 aliphatic carbocycles. The average Bonchev–Trinajstić information content (AvgIpc) is 2.02. The molecule has 0 spiro atoms. The minimum absolute atomic E-state index is 0.731. The van der Waals surface area contributed by atoms with Gasteiger partial charge in [0.15, 0.2) is 9.04 Å². The van der Waals surface area contributed by atoms with Crippen LogP contribution in [-0.4, -0.2) is 15.6 Å². The Morgan fingerprint density at radius 1 is 1.15 bits per heavy atom. The van der Waals surface area contributed by atoms with Crippen molar-refractivity contribution >= 4 is 9.04 Å². The fourth-order valence-electron chi connectivity index (χ4n) is 1.53. The van der Waals surface area contributed by atoms with E-state index in [-0.39, 0.29) is 0 Å². The van der Waals surface area contributed by atoms with Crippen LogP contribution in [0.5, 0.6) is 0 Å². The third-order valence-corrected chi connectivity index (χ3v) is 5.28. The van der Waals surface area contributed by atoms with Gasteiger partial charge in [-0.15, -0.1) is 11.8 Å². The van der Waals surface area contributed by atoms with E-state index in [1.165, 1.54) is 0 Å². The zero-order valence-corrected chi connectivity index (χ0v) is 10.7. The van der Waals surface area contributed by atoms with E-state index in [9.17, 15) is 0 Å². The lowest BCUT2D eigenvalue weighted by molar-refractivity contribution is 0.316. The van der Waals surface area contributed by atoms with E-state index in [1.807, 2.05) is 6.92 Å². The molecule has 0 aromatic heterocycles. The molecule has 0 bridgehead atoms. The van der Waals surface area contributed by atoms with Crippen LogP contribution >= 0.6 is 0 Å². The third-order valence-electron chi connectivity index (χ3n) is 2.03. The second-order valence-electron chi connectivity index (χ2n) is 4.00. The van der Waals surface area contributed by atoms with Gasteiger partial charge < -0.3 is 4.43 Å². The summed E-state index contributed by atoms with van der Waals surface area (Å²) in [5, 5.41) is 0. The zero-order valence-electron chi connectivity index (χ0n) is 9.55. The fourth-order valence-corrected chi connectivity index (χ4v) is 4.23. The zero-order chi connectivity index (χ0) is 10.3. The van der Waals surface area contributed by atoms with Crippen molar-refractivity contribution in [1.82, 2.24) is 0 Å². The van der Waals surface area contributed by atoms with Crippen LogP contribution < -0.4 is 0 Å². The predicted molar refractivity (Wildman–Crippen MR) is 61.4 cm³/mol. The Bertz CT molecular complexity index is 168. The minimum atomic E-state index is -0.991. The molecule has 13 heavy (non-hydrogen) atoms. The second kappa shape index (κ2) is 7.17. The highest BCUT2D eigenvalue weighted by atomic mass is 28.3. The topological polar surface area (TPSA) is 9.23 Å². The van der Waals surface area contributed by atoms with E-state index < -0.39 is 9.04 Å². The van der Waals surface area contributed by atoms with E-state index in [4.69, 9.17) is 4.43 Å². The van der Waals surface area contributed by atoms with Crippen molar-refractivity contribution in [2.45, 2.75) is 52.1 Å². The maximum atomic E-state index is 5.90. The molecule has 0 atom stereocenters. The molecule has 0 unspecified atom stereocenters. The van der Waals surface area contributed by atoms with E-state index in [0.717, 1.165) is 24.1 Å². The lowest BCUT2D eigenvalue weighted by Gasteiger charge is -2.22. The molecule has 0 heterocycles. The Morgan fingerprint density at radius 2 is 1.69 bits per heavy atom. The molecule has 76 valence electrons. The van der Waals surface area contributed by atoms with Gasteiger partial charge in [-0.3, -0.25) is 0 Å². The highest BCUT2D eigenvalue weighted by Crippen LogP contribution is 2.20. The van der Waals surface area contributed by atoms with Crippen LogP contribution in [0.3, 0.4) is 0 Å². The highest BCUT2D eigenvalue weighted by Gasteiger charge is 2.20. The van der Waals surface area contributed by atoms with Crippen molar-refractivity contribution in [2.24, 2.45) is 0 Å². The van der Waals surface area contributed by atoms with Gasteiger partial charge in [-0.1, -0.05) is 27.7 Å². The maximum absolute atomic E-state index is 5.90. The molecule has 0 radical (unpaired) electrons. The molecule has 2 heteroatoms. The smallest absolute Gasteiger partial charge is 0.182 e. The molecule has 0 amide bonds. The van der Waals surface area contributed by atoms with Crippen LogP contribution in [-0.2, 0) is 4.43 Å². The van der Waals surface area contributed by atoms with Crippen LogP contribution in [0.2, 0.25) is 11.1 Å². The van der Waals surface area contributed by atoms with Gasteiger partial charge in [0.1, 0.15) is 0 Å². The first-order valence-corrected chi connectivity index (χ1v) is 6.91. The van der Waals surface area contributed by atoms with Gasteiger partial charge >= 0.3 is 0 Å². The standard InChI is InChI=1S/C11H22OSi/c1-6-7-8-9-12-13(10(2)3)11(4)5/h10-11,13H,8-9H2,1-5H3. The molecule has 0 fully saturated rings. The fraction of sp³-hybridized carbons (Fsp3) is 0.818. The van der Waals surface area contributed by atoms with Crippen molar-refractivity contribution in [3.63, 3.8) is 0 Å². The third kappa shape index (κ3) is 5.90. The average molecular weight is 198 g/mol.